The Labute approximate surface area is 280 Å². The number of nitrogens with zero attached hydrogens (tertiary/aromatic N) is 3. The number of allylic oxidation sites excluding steroid dienone is 1. The zero-order chi connectivity index (χ0) is 34.5. The van der Waals surface area contributed by atoms with Gasteiger partial charge in [-0.1, -0.05) is 23.5 Å². The summed E-state index contributed by atoms with van der Waals surface area (Å²) in [5, 5.41) is 10.9. The minimum atomic E-state index is -0.825. The van der Waals surface area contributed by atoms with E-state index in [2.05, 4.69) is 4.99 Å². The number of fused-ring (bicyclic) bond motifs is 1. The molecule has 0 N–H and O–H groups in total. The van der Waals surface area contributed by atoms with Gasteiger partial charge in [0, 0.05) is 12.1 Å². The standard InChI is InChI=1S/C35H35N3O9S/c1-7-45-34(40)31-21(4)36-35-37(32(31)24-11-15-27(47-20(2)3)29(18-24)44-6)33(39)30(48-35)17-23-10-14-26(28(16-23)43-5)46-19-22-8-12-25(13-9-22)38(41)42/h8-18,20,32H,7,19H2,1-6H3/b30-17-/t32-/m1/s1. The van der Waals surface area contributed by atoms with Crippen LogP contribution in [0.5, 0.6) is 23.0 Å². The molecule has 0 aliphatic carbocycles. The Bertz CT molecular complexity index is 2060. The molecule has 0 saturated heterocycles. The summed E-state index contributed by atoms with van der Waals surface area (Å²) >= 11 is 1.20. The fourth-order valence-corrected chi connectivity index (χ4v) is 6.28. The quantitative estimate of drug-likeness (QED) is 0.114. The minimum absolute atomic E-state index is 0.00145. The summed E-state index contributed by atoms with van der Waals surface area (Å²) < 4.78 is 30.3. The number of nitro benzene ring substituents is 1. The molecule has 12 nitrogen and oxygen atoms in total. The summed E-state index contributed by atoms with van der Waals surface area (Å²) in [5.41, 5.74) is 2.42. The number of carbonyl (C=O) groups excluding carboxylic acids is 1. The number of aromatic nitrogens is 1. The SMILES string of the molecule is CCOC(=O)C1=C(C)N=c2s/c(=C\c3ccc(OCc4ccc([N+](=O)[O-])cc4)c(OC)c3)c(=O)n2[C@@H]1c1ccc(OC(C)C)c(OC)c1. The minimum Gasteiger partial charge on any atom is -0.493 e. The number of hydrogen-bond donors (Lipinski definition) is 0. The van der Waals surface area contributed by atoms with Gasteiger partial charge in [0.2, 0.25) is 0 Å². The first-order valence-corrected chi connectivity index (χ1v) is 15.9. The molecule has 0 spiro atoms. The molecule has 0 bridgehead atoms. The number of benzene rings is 3. The zero-order valence-electron chi connectivity index (χ0n) is 27.3. The second-order valence-electron chi connectivity index (χ2n) is 11.0. The van der Waals surface area contributed by atoms with Crippen LogP contribution in [-0.4, -0.2) is 42.4 Å². The van der Waals surface area contributed by atoms with Crippen molar-refractivity contribution in [3.05, 3.63) is 118 Å². The zero-order valence-corrected chi connectivity index (χ0v) is 28.2. The van der Waals surface area contributed by atoms with E-state index in [0.29, 0.717) is 49.2 Å². The van der Waals surface area contributed by atoms with Gasteiger partial charge in [0.05, 0.1) is 53.7 Å². The molecule has 48 heavy (non-hydrogen) atoms. The molecule has 0 radical (unpaired) electrons. The first-order chi connectivity index (χ1) is 23.0. The monoisotopic (exact) mass is 673 g/mol. The van der Waals surface area contributed by atoms with Crippen LogP contribution >= 0.6 is 11.3 Å². The summed E-state index contributed by atoms with van der Waals surface area (Å²) in [4.78, 5) is 43.0. The van der Waals surface area contributed by atoms with Gasteiger partial charge in [-0.25, -0.2) is 9.79 Å². The molecule has 250 valence electrons. The Hall–Kier alpha value is -5.43. The van der Waals surface area contributed by atoms with Gasteiger partial charge in [0.1, 0.15) is 6.61 Å². The van der Waals surface area contributed by atoms with Crippen LogP contribution in [0, 0.1) is 10.1 Å². The number of thiazole rings is 1. The van der Waals surface area contributed by atoms with E-state index in [9.17, 15) is 19.7 Å². The summed E-state index contributed by atoms with van der Waals surface area (Å²) in [5.74, 6) is 1.34. The highest BCUT2D eigenvalue weighted by Gasteiger charge is 2.34. The smallest absolute Gasteiger partial charge is 0.338 e. The Morgan fingerprint density at radius 2 is 1.71 bits per heavy atom. The fourth-order valence-electron chi connectivity index (χ4n) is 5.23. The highest BCUT2D eigenvalue weighted by atomic mass is 32.1. The number of methoxy groups -OCH3 is 2. The van der Waals surface area contributed by atoms with E-state index in [1.807, 2.05) is 13.8 Å². The van der Waals surface area contributed by atoms with Gasteiger partial charge in [0.25, 0.3) is 11.2 Å². The predicted octanol–water partition coefficient (Wildman–Crippen LogP) is 5.09. The largest absolute Gasteiger partial charge is 0.493 e. The number of esters is 1. The van der Waals surface area contributed by atoms with Crippen LogP contribution in [0.2, 0.25) is 0 Å². The number of carbonyl (C=O) groups is 1. The molecule has 4 aromatic rings. The van der Waals surface area contributed by atoms with Crippen molar-refractivity contribution >= 4 is 29.1 Å². The number of nitro groups is 1. The van der Waals surface area contributed by atoms with Gasteiger partial charge >= 0.3 is 5.97 Å². The van der Waals surface area contributed by atoms with Crippen molar-refractivity contribution in [2.45, 2.75) is 46.4 Å². The van der Waals surface area contributed by atoms with Crippen LogP contribution in [0.25, 0.3) is 6.08 Å². The van der Waals surface area contributed by atoms with Gasteiger partial charge in [-0.15, -0.1) is 0 Å². The summed E-state index contributed by atoms with van der Waals surface area (Å²) in [6.45, 7) is 7.60. The third-order valence-electron chi connectivity index (χ3n) is 7.41. The molecule has 0 saturated carbocycles. The molecule has 1 aliphatic rings. The first-order valence-electron chi connectivity index (χ1n) is 15.1. The maximum atomic E-state index is 14.1. The third-order valence-corrected chi connectivity index (χ3v) is 8.39. The second kappa shape index (κ2) is 14.6. The highest BCUT2D eigenvalue weighted by molar-refractivity contribution is 7.07. The van der Waals surface area contributed by atoms with E-state index in [0.717, 1.165) is 5.56 Å². The van der Waals surface area contributed by atoms with Crippen LogP contribution in [-0.2, 0) is 16.1 Å². The van der Waals surface area contributed by atoms with Crippen LogP contribution < -0.4 is 33.8 Å². The van der Waals surface area contributed by atoms with Crippen molar-refractivity contribution in [1.82, 2.24) is 4.57 Å². The van der Waals surface area contributed by atoms with E-state index in [1.165, 1.54) is 42.3 Å². The van der Waals surface area contributed by atoms with E-state index < -0.39 is 16.9 Å². The van der Waals surface area contributed by atoms with Crippen molar-refractivity contribution in [3.63, 3.8) is 0 Å². The van der Waals surface area contributed by atoms with Crippen molar-refractivity contribution in [3.8, 4) is 23.0 Å². The Balaban J connectivity index is 1.53. The summed E-state index contributed by atoms with van der Waals surface area (Å²) in [7, 11) is 3.04. The molecule has 13 heteroatoms. The molecular formula is C35H35N3O9S. The van der Waals surface area contributed by atoms with Crippen LogP contribution in [0.4, 0.5) is 5.69 Å². The van der Waals surface area contributed by atoms with Crippen LogP contribution in [0.1, 0.15) is 50.4 Å². The Kier molecular flexibility index (Phi) is 10.3. The lowest BCUT2D eigenvalue weighted by atomic mass is 9.95. The molecule has 1 aromatic heterocycles. The van der Waals surface area contributed by atoms with Crippen molar-refractivity contribution in [1.29, 1.82) is 0 Å². The lowest BCUT2D eigenvalue weighted by Gasteiger charge is -2.25. The number of non-ortho nitro benzene ring substituents is 1. The molecule has 0 amide bonds. The lowest BCUT2D eigenvalue weighted by Crippen LogP contribution is -2.40. The van der Waals surface area contributed by atoms with Crippen LogP contribution in [0.15, 0.2) is 81.7 Å². The predicted molar refractivity (Wildman–Crippen MR) is 180 cm³/mol. The van der Waals surface area contributed by atoms with Gasteiger partial charge in [-0.3, -0.25) is 19.5 Å². The first kappa shape index (κ1) is 33.9. The van der Waals surface area contributed by atoms with E-state index in [4.69, 9.17) is 23.7 Å². The highest BCUT2D eigenvalue weighted by Crippen LogP contribution is 2.36. The number of rotatable bonds is 12. The molecule has 0 fully saturated rings. The molecule has 3 aromatic carbocycles. The summed E-state index contributed by atoms with van der Waals surface area (Å²) in [6.07, 6.45) is 1.64. The van der Waals surface area contributed by atoms with E-state index in [-0.39, 0.29) is 36.1 Å². The fraction of sp³-hybridized carbons (Fsp3) is 0.286. The normalized spacial score (nSPS) is 14.3. The van der Waals surface area contributed by atoms with Gasteiger partial charge in [-0.05, 0) is 86.9 Å². The molecule has 1 aliphatic heterocycles. The lowest BCUT2D eigenvalue weighted by molar-refractivity contribution is -0.384. The molecule has 0 unspecified atom stereocenters. The average Bonchev–Trinajstić information content (AvgIpc) is 3.37. The van der Waals surface area contributed by atoms with Crippen LogP contribution in [0.3, 0.4) is 0 Å². The van der Waals surface area contributed by atoms with Gasteiger partial charge < -0.3 is 23.7 Å². The molecule has 1 atom stereocenters. The number of hydrogen-bond acceptors (Lipinski definition) is 11. The molecule has 5 rings (SSSR count). The molecule has 2 heterocycles. The van der Waals surface area contributed by atoms with E-state index in [1.54, 1.807) is 68.5 Å². The van der Waals surface area contributed by atoms with Crippen molar-refractivity contribution in [2.24, 2.45) is 4.99 Å². The van der Waals surface area contributed by atoms with Crippen molar-refractivity contribution < 1.29 is 33.4 Å². The maximum absolute atomic E-state index is 14.1. The average molecular weight is 674 g/mol. The number of ether oxygens (including phenoxy) is 5. The van der Waals surface area contributed by atoms with Crippen molar-refractivity contribution in [2.75, 3.05) is 20.8 Å². The second-order valence-corrected chi connectivity index (χ2v) is 12.0. The Morgan fingerprint density at radius 1 is 1.02 bits per heavy atom. The third kappa shape index (κ3) is 7.10. The van der Waals surface area contributed by atoms with E-state index >= 15 is 0 Å². The van der Waals surface area contributed by atoms with Gasteiger partial charge in [0.15, 0.2) is 27.8 Å². The summed E-state index contributed by atoms with van der Waals surface area (Å²) in [6, 6.07) is 15.9. The maximum Gasteiger partial charge on any atom is 0.338 e. The Morgan fingerprint density at radius 3 is 2.35 bits per heavy atom. The topological polar surface area (TPSA) is 141 Å². The van der Waals surface area contributed by atoms with Gasteiger partial charge in [-0.2, -0.15) is 0 Å². The molecular weight excluding hydrogens is 638 g/mol.